The van der Waals surface area contributed by atoms with Crippen molar-refractivity contribution in [1.82, 2.24) is 15.1 Å². The summed E-state index contributed by atoms with van der Waals surface area (Å²) in [6.07, 6.45) is 2.64. The van der Waals surface area contributed by atoms with Gasteiger partial charge in [-0.1, -0.05) is 41.9 Å². The first kappa shape index (κ1) is 26.9. The topological polar surface area (TPSA) is 126 Å². The summed E-state index contributed by atoms with van der Waals surface area (Å²) >= 11 is 6.41. The summed E-state index contributed by atoms with van der Waals surface area (Å²) in [5.74, 6) is 1.38. The molecule has 2 aromatic carbocycles. The third kappa shape index (κ3) is 7.42. The van der Waals surface area contributed by atoms with Gasteiger partial charge in [0, 0.05) is 39.8 Å². The number of halogens is 1. The van der Waals surface area contributed by atoms with Gasteiger partial charge < -0.3 is 15.1 Å². The van der Waals surface area contributed by atoms with Crippen molar-refractivity contribution in [2.45, 2.75) is 26.3 Å². The van der Waals surface area contributed by atoms with Crippen LogP contribution < -0.4 is 10.6 Å². The van der Waals surface area contributed by atoms with Crippen molar-refractivity contribution in [2.24, 2.45) is 5.92 Å². The molecule has 1 saturated heterocycles. The second-order valence-corrected chi connectivity index (χ2v) is 11.0. The van der Waals surface area contributed by atoms with Gasteiger partial charge in [0.05, 0.1) is 18.7 Å². The third-order valence-electron chi connectivity index (χ3n) is 5.94. The second-order valence-electron chi connectivity index (χ2n) is 9.05. The predicted molar refractivity (Wildman–Crippen MR) is 144 cm³/mol. The zero-order chi connectivity index (χ0) is 26.6. The lowest BCUT2D eigenvalue weighted by Gasteiger charge is -2.21. The smallest absolute Gasteiger partial charge is 0.261 e. The summed E-state index contributed by atoms with van der Waals surface area (Å²) in [7, 11) is -3.67. The van der Waals surface area contributed by atoms with Crippen LogP contribution in [0.25, 0.3) is 22.3 Å². The van der Waals surface area contributed by atoms with Crippen molar-refractivity contribution in [2.75, 3.05) is 24.7 Å². The van der Waals surface area contributed by atoms with Gasteiger partial charge in [0.2, 0.25) is 5.91 Å². The molecule has 1 amide bonds. The number of hydrogen-bond donors (Lipinski definition) is 3. The number of aromatic nitrogens is 2. The summed E-state index contributed by atoms with van der Waals surface area (Å²) in [5.41, 5.74) is 3.70. The minimum atomic E-state index is -3.67. The highest BCUT2D eigenvalue weighted by Gasteiger charge is 2.22. The first-order chi connectivity index (χ1) is 17.6. The molecule has 4 aromatic rings. The van der Waals surface area contributed by atoms with Crippen LogP contribution in [0.2, 0.25) is 5.02 Å². The Bertz CT molecular complexity index is 1480. The number of anilines is 1. The van der Waals surface area contributed by atoms with Gasteiger partial charge in [0.25, 0.3) is 10.1 Å². The van der Waals surface area contributed by atoms with Gasteiger partial charge in [-0.15, -0.1) is 0 Å². The van der Waals surface area contributed by atoms with E-state index < -0.39 is 10.1 Å². The molecule has 1 aliphatic rings. The van der Waals surface area contributed by atoms with E-state index in [-0.39, 0.29) is 11.8 Å². The number of rotatable bonds is 5. The van der Waals surface area contributed by atoms with Gasteiger partial charge in [-0.2, -0.15) is 13.5 Å². The fourth-order valence-electron chi connectivity index (χ4n) is 4.24. The molecule has 0 spiro atoms. The molecule has 1 fully saturated rings. The zero-order valence-electron chi connectivity index (χ0n) is 20.6. The lowest BCUT2D eigenvalue weighted by molar-refractivity contribution is -0.120. The largest absolute Gasteiger partial charge is 0.456 e. The molecular weight excluding hydrogens is 516 g/mol. The maximum absolute atomic E-state index is 12.6. The van der Waals surface area contributed by atoms with Crippen LogP contribution >= 0.6 is 11.6 Å². The first-order valence-electron chi connectivity index (χ1n) is 11.8. The van der Waals surface area contributed by atoms with Crippen LogP contribution in [-0.4, -0.2) is 48.0 Å². The average molecular weight is 545 g/mol. The Morgan fingerprint density at radius 3 is 2.65 bits per heavy atom. The Balaban J connectivity index is 0.000000586. The minimum Gasteiger partial charge on any atom is -0.456 e. The lowest BCUT2D eigenvalue weighted by Crippen LogP contribution is -2.37. The Hall–Kier alpha value is -3.18. The van der Waals surface area contributed by atoms with Crippen molar-refractivity contribution >= 4 is 44.4 Å². The van der Waals surface area contributed by atoms with Crippen molar-refractivity contribution < 1.29 is 22.2 Å². The molecule has 0 unspecified atom stereocenters. The number of carbonyl (C=O) groups excluding carboxylic acids is 1. The average Bonchev–Trinajstić information content (AvgIpc) is 3.42. The lowest BCUT2D eigenvalue weighted by atomic mass is 9.99. The van der Waals surface area contributed by atoms with Crippen LogP contribution in [0.5, 0.6) is 0 Å². The number of nitrogens with one attached hydrogen (secondary N) is 2. The van der Waals surface area contributed by atoms with Gasteiger partial charge in [-0.05, 0) is 44.5 Å². The van der Waals surface area contributed by atoms with Crippen molar-refractivity contribution in [3.63, 3.8) is 0 Å². The molecule has 196 valence electrons. The highest BCUT2D eigenvalue weighted by atomic mass is 35.5. The Morgan fingerprint density at radius 2 is 1.97 bits per heavy atom. The predicted octanol–water partition coefficient (Wildman–Crippen LogP) is 4.75. The monoisotopic (exact) mass is 544 g/mol. The van der Waals surface area contributed by atoms with Gasteiger partial charge >= 0.3 is 0 Å². The molecule has 3 N–H and O–H groups in total. The maximum atomic E-state index is 12.6. The van der Waals surface area contributed by atoms with Crippen LogP contribution in [-0.2, 0) is 21.5 Å². The van der Waals surface area contributed by atoms with Crippen molar-refractivity contribution in [3.8, 4) is 11.3 Å². The number of piperidine rings is 1. The summed E-state index contributed by atoms with van der Waals surface area (Å²) in [6.45, 7) is 4.16. The van der Waals surface area contributed by atoms with Crippen LogP contribution in [0, 0.1) is 12.8 Å². The highest BCUT2D eigenvalue weighted by molar-refractivity contribution is 7.85. The molecular formula is C26H29ClN4O5S. The number of aryl methyl sites for hydroxylation is 1. The fraction of sp³-hybridized carbons (Fsp3) is 0.308. The quantitative estimate of drug-likeness (QED) is 0.309. The maximum Gasteiger partial charge on any atom is 0.261 e. The molecule has 0 bridgehead atoms. The number of amides is 1. The Labute approximate surface area is 220 Å². The number of benzene rings is 2. The molecule has 0 radical (unpaired) electrons. The molecule has 1 atom stereocenters. The number of nitrogens with zero attached hydrogens (tertiary/aromatic N) is 2. The molecule has 9 nitrogen and oxygen atoms in total. The van der Waals surface area contributed by atoms with Crippen LogP contribution in [0.4, 0.5) is 5.82 Å². The van der Waals surface area contributed by atoms with Gasteiger partial charge in [0.15, 0.2) is 5.82 Å². The van der Waals surface area contributed by atoms with E-state index in [4.69, 9.17) is 20.6 Å². The van der Waals surface area contributed by atoms with E-state index in [9.17, 15) is 13.2 Å². The minimum absolute atomic E-state index is 0.0127. The summed E-state index contributed by atoms with van der Waals surface area (Å²) in [5, 5.41) is 12.5. The second kappa shape index (κ2) is 11.5. The van der Waals surface area contributed by atoms with E-state index in [0.29, 0.717) is 30.2 Å². The molecule has 0 saturated carbocycles. The fourth-order valence-corrected chi connectivity index (χ4v) is 4.49. The van der Waals surface area contributed by atoms with Crippen molar-refractivity contribution in [1.29, 1.82) is 0 Å². The number of carbonyl (C=O) groups is 1. The van der Waals surface area contributed by atoms with E-state index in [1.807, 2.05) is 66.2 Å². The molecule has 0 aliphatic carbocycles. The van der Waals surface area contributed by atoms with Crippen molar-refractivity contribution in [3.05, 3.63) is 70.9 Å². The molecule has 2 aromatic heterocycles. The van der Waals surface area contributed by atoms with E-state index in [0.717, 1.165) is 52.9 Å². The third-order valence-corrected chi connectivity index (χ3v) is 6.15. The van der Waals surface area contributed by atoms with E-state index >= 15 is 0 Å². The number of hydrogen-bond acceptors (Lipinski definition) is 6. The van der Waals surface area contributed by atoms with Gasteiger partial charge in [-0.25, -0.2) is 0 Å². The molecule has 11 heteroatoms. The zero-order valence-corrected chi connectivity index (χ0v) is 22.1. The van der Waals surface area contributed by atoms with E-state index in [1.54, 1.807) is 0 Å². The van der Waals surface area contributed by atoms with E-state index in [2.05, 4.69) is 15.7 Å². The first-order valence-corrected chi connectivity index (χ1v) is 14.1. The summed E-state index contributed by atoms with van der Waals surface area (Å²) < 4.78 is 34.0. The highest BCUT2D eigenvalue weighted by Crippen LogP contribution is 2.32. The Morgan fingerprint density at radius 1 is 1.24 bits per heavy atom. The van der Waals surface area contributed by atoms with Gasteiger partial charge in [-0.3, -0.25) is 14.0 Å². The standard InChI is InChI=1S/C25H25ClN4O2.CH4O3S/c1-16-10-23(28-25(31)18-8-5-9-27-14-18)29-30(16)15-20-12-21(26)11-19-13-22(32-24(19)20)17-6-3-2-4-7-17;1-5(2,3)4/h2-4,6-7,10-13,18,27H,5,8-9,14-15H2,1H3,(H,28,29,31);1H3,(H,2,3,4)/t18-;/m1./s1. The van der Waals surface area contributed by atoms with Gasteiger partial charge in [0.1, 0.15) is 11.3 Å². The number of furan rings is 1. The Kier molecular flexibility index (Phi) is 8.33. The molecule has 1 aliphatic heterocycles. The normalized spacial score (nSPS) is 15.7. The SMILES string of the molecule is CS(=O)(=O)O.Cc1cc(NC(=O)[C@@H]2CCCNC2)nn1Cc1cc(Cl)cc2cc(-c3ccccc3)oc12. The molecule has 37 heavy (non-hydrogen) atoms. The molecule has 5 rings (SSSR count). The summed E-state index contributed by atoms with van der Waals surface area (Å²) in [4.78, 5) is 12.6. The molecule has 3 heterocycles. The van der Waals surface area contributed by atoms with Crippen LogP contribution in [0.15, 0.2) is 59.0 Å². The number of fused-ring (bicyclic) bond motifs is 1. The summed E-state index contributed by atoms with van der Waals surface area (Å²) in [6, 6.07) is 17.7. The van der Waals surface area contributed by atoms with Crippen LogP contribution in [0.3, 0.4) is 0 Å². The van der Waals surface area contributed by atoms with Crippen LogP contribution in [0.1, 0.15) is 24.1 Å². The van der Waals surface area contributed by atoms with E-state index in [1.165, 1.54) is 0 Å².